The van der Waals surface area contributed by atoms with Crippen molar-refractivity contribution < 1.29 is 19.6 Å². The quantitative estimate of drug-likeness (QED) is 0.473. The third-order valence-electron chi connectivity index (χ3n) is 3.38. The highest BCUT2D eigenvalue weighted by molar-refractivity contribution is 7.99. The van der Waals surface area contributed by atoms with Crippen molar-refractivity contribution in [2.45, 2.75) is 24.2 Å². The van der Waals surface area contributed by atoms with Crippen LogP contribution in [0.4, 0.5) is 5.69 Å². The van der Waals surface area contributed by atoms with Gasteiger partial charge in [0.05, 0.1) is 18.5 Å². The molecule has 0 aliphatic heterocycles. The van der Waals surface area contributed by atoms with Crippen LogP contribution in [0.1, 0.15) is 19.3 Å². The van der Waals surface area contributed by atoms with Gasteiger partial charge in [-0.3, -0.25) is 14.9 Å². The van der Waals surface area contributed by atoms with Gasteiger partial charge in [0.15, 0.2) is 5.75 Å². The van der Waals surface area contributed by atoms with E-state index in [4.69, 9.17) is 9.84 Å². The summed E-state index contributed by atoms with van der Waals surface area (Å²) < 4.78 is 5.01. The van der Waals surface area contributed by atoms with Gasteiger partial charge < -0.3 is 9.84 Å². The van der Waals surface area contributed by atoms with Gasteiger partial charge >= 0.3 is 11.7 Å². The van der Waals surface area contributed by atoms with E-state index in [0.29, 0.717) is 5.75 Å². The summed E-state index contributed by atoms with van der Waals surface area (Å²) in [5.41, 5.74) is -0.172. The molecule has 6 nitrogen and oxygen atoms in total. The average Bonchev–Trinajstić information content (AvgIpc) is 3.15. The molecule has 0 unspecified atom stereocenters. The Morgan fingerprint density at radius 1 is 1.55 bits per heavy atom. The minimum atomic E-state index is -0.774. The molecule has 1 aromatic rings. The number of hydrogen-bond donors (Lipinski definition) is 1. The zero-order valence-electron chi connectivity index (χ0n) is 11.0. The molecule has 0 bridgehead atoms. The first-order valence-corrected chi connectivity index (χ1v) is 7.11. The van der Waals surface area contributed by atoms with Gasteiger partial charge in [-0.25, -0.2) is 0 Å². The predicted molar refractivity (Wildman–Crippen MR) is 74.3 cm³/mol. The summed E-state index contributed by atoms with van der Waals surface area (Å²) in [5, 5.41) is 19.7. The molecule has 1 aromatic carbocycles. The molecule has 0 amide bonds. The normalized spacial score (nSPS) is 15.7. The summed E-state index contributed by atoms with van der Waals surface area (Å²) >= 11 is 1.52. The summed E-state index contributed by atoms with van der Waals surface area (Å²) in [7, 11) is 1.39. The summed E-state index contributed by atoms with van der Waals surface area (Å²) in [4.78, 5) is 21.9. The third kappa shape index (κ3) is 3.41. The van der Waals surface area contributed by atoms with E-state index in [2.05, 4.69) is 0 Å². The van der Waals surface area contributed by atoms with Gasteiger partial charge in [0.25, 0.3) is 0 Å². The second-order valence-electron chi connectivity index (χ2n) is 4.95. The van der Waals surface area contributed by atoms with Crippen molar-refractivity contribution in [3.8, 4) is 5.75 Å². The van der Waals surface area contributed by atoms with Crippen LogP contribution in [0, 0.1) is 15.5 Å². The first kappa shape index (κ1) is 14.6. The summed E-state index contributed by atoms with van der Waals surface area (Å²) in [6.07, 6.45) is 2.04. The molecule has 0 aromatic heterocycles. The van der Waals surface area contributed by atoms with Gasteiger partial charge in [0.1, 0.15) is 0 Å². The van der Waals surface area contributed by atoms with E-state index in [1.165, 1.54) is 24.9 Å². The van der Waals surface area contributed by atoms with Crippen molar-refractivity contribution in [1.29, 1.82) is 0 Å². The minimum Gasteiger partial charge on any atom is -0.490 e. The molecular weight excluding hydrogens is 282 g/mol. The zero-order chi connectivity index (χ0) is 14.8. The molecule has 1 aliphatic carbocycles. The van der Waals surface area contributed by atoms with Crippen LogP contribution in [-0.4, -0.2) is 28.9 Å². The van der Waals surface area contributed by atoms with Crippen LogP contribution < -0.4 is 4.74 Å². The maximum atomic E-state index is 10.8. The van der Waals surface area contributed by atoms with E-state index in [0.717, 1.165) is 17.7 Å². The number of benzene rings is 1. The standard InChI is InChI=1S/C13H15NO5S/c1-19-11-6-9(2-3-10(11)14(17)18)20-8-13(4-5-13)7-12(15)16/h2-3,6H,4-5,7-8H2,1H3,(H,15,16). The smallest absolute Gasteiger partial charge is 0.310 e. The van der Waals surface area contributed by atoms with E-state index < -0.39 is 10.9 Å². The third-order valence-corrected chi connectivity index (χ3v) is 4.72. The highest BCUT2D eigenvalue weighted by Crippen LogP contribution is 2.52. The molecule has 1 aliphatic rings. The highest BCUT2D eigenvalue weighted by atomic mass is 32.2. The molecule has 0 radical (unpaired) electrons. The molecule has 1 N–H and O–H groups in total. The number of aliphatic carboxylic acids is 1. The Morgan fingerprint density at radius 2 is 2.25 bits per heavy atom. The first-order chi connectivity index (χ1) is 9.46. The second kappa shape index (κ2) is 5.70. The Morgan fingerprint density at radius 3 is 2.75 bits per heavy atom. The van der Waals surface area contributed by atoms with Gasteiger partial charge in [0.2, 0.25) is 0 Å². The van der Waals surface area contributed by atoms with Crippen molar-refractivity contribution in [1.82, 2.24) is 0 Å². The first-order valence-electron chi connectivity index (χ1n) is 6.13. The number of thioether (sulfide) groups is 1. The van der Waals surface area contributed by atoms with Gasteiger partial charge in [-0.05, 0) is 24.3 Å². The number of nitro groups is 1. The molecule has 20 heavy (non-hydrogen) atoms. The van der Waals surface area contributed by atoms with Gasteiger partial charge in [-0.15, -0.1) is 11.8 Å². The van der Waals surface area contributed by atoms with Crippen LogP contribution in [0.3, 0.4) is 0 Å². The molecule has 0 atom stereocenters. The summed E-state index contributed by atoms with van der Waals surface area (Å²) in [6, 6.07) is 4.71. The maximum Gasteiger partial charge on any atom is 0.310 e. The lowest BCUT2D eigenvalue weighted by atomic mass is 10.1. The molecule has 0 spiro atoms. The van der Waals surface area contributed by atoms with E-state index in [1.54, 1.807) is 12.1 Å². The van der Waals surface area contributed by atoms with Gasteiger partial charge in [-0.1, -0.05) is 0 Å². The van der Waals surface area contributed by atoms with Crippen molar-refractivity contribution in [3.63, 3.8) is 0 Å². The monoisotopic (exact) mass is 297 g/mol. The maximum absolute atomic E-state index is 10.8. The number of carbonyl (C=O) groups is 1. The fourth-order valence-electron chi connectivity index (χ4n) is 2.00. The number of rotatable bonds is 7. The van der Waals surface area contributed by atoms with Gasteiger partial charge in [-0.2, -0.15) is 0 Å². The summed E-state index contributed by atoms with van der Waals surface area (Å²) in [6.45, 7) is 0. The van der Waals surface area contributed by atoms with E-state index in [9.17, 15) is 14.9 Å². The van der Waals surface area contributed by atoms with Crippen LogP contribution in [0.2, 0.25) is 0 Å². The number of methoxy groups -OCH3 is 1. The Hall–Kier alpha value is -1.76. The molecular formula is C13H15NO5S. The lowest BCUT2D eigenvalue weighted by molar-refractivity contribution is -0.385. The molecule has 0 heterocycles. The Balaban J connectivity index is 2.04. The number of hydrogen-bond acceptors (Lipinski definition) is 5. The topological polar surface area (TPSA) is 89.7 Å². The fourth-order valence-corrected chi connectivity index (χ4v) is 3.22. The highest BCUT2D eigenvalue weighted by Gasteiger charge is 2.44. The summed E-state index contributed by atoms with van der Waals surface area (Å²) in [5.74, 6) is 0.160. The number of ether oxygens (including phenoxy) is 1. The Kier molecular flexibility index (Phi) is 4.17. The molecule has 0 saturated heterocycles. The van der Waals surface area contributed by atoms with Crippen molar-refractivity contribution >= 4 is 23.4 Å². The lowest BCUT2D eigenvalue weighted by Crippen LogP contribution is -2.10. The number of carboxylic acids is 1. The Bertz CT molecular complexity index is 542. The van der Waals surface area contributed by atoms with Crippen LogP contribution in [0.5, 0.6) is 5.75 Å². The van der Waals surface area contributed by atoms with Crippen LogP contribution in [-0.2, 0) is 4.79 Å². The van der Waals surface area contributed by atoms with E-state index in [-0.39, 0.29) is 23.3 Å². The molecule has 7 heteroatoms. The number of nitro benzene ring substituents is 1. The predicted octanol–water partition coefficient (Wildman–Crippen LogP) is 2.95. The average molecular weight is 297 g/mol. The van der Waals surface area contributed by atoms with E-state index >= 15 is 0 Å². The molecule has 2 rings (SSSR count). The molecule has 1 saturated carbocycles. The van der Waals surface area contributed by atoms with Crippen LogP contribution in [0.25, 0.3) is 0 Å². The van der Waals surface area contributed by atoms with Crippen LogP contribution in [0.15, 0.2) is 23.1 Å². The Labute approximate surface area is 120 Å². The molecule has 1 fully saturated rings. The largest absolute Gasteiger partial charge is 0.490 e. The van der Waals surface area contributed by atoms with E-state index in [1.807, 2.05) is 0 Å². The van der Waals surface area contributed by atoms with Crippen molar-refractivity contribution in [2.24, 2.45) is 5.41 Å². The van der Waals surface area contributed by atoms with Crippen molar-refractivity contribution in [2.75, 3.05) is 12.9 Å². The van der Waals surface area contributed by atoms with Gasteiger partial charge in [0, 0.05) is 22.8 Å². The number of carboxylic acid groups (broad SMARTS) is 1. The molecule has 108 valence electrons. The van der Waals surface area contributed by atoms with Crippen molar-refractivity contribution in [3.05, 3.63) is 28.3 Å². The zero-order valence-corrected chi connectivity index (χ0v) is 11.8. The number of nitrogens with zero attached hydrogens (tertiary/aromatic N) is 1. The second-order valence-corrected chi connectivity index (χ2v) is 6.00. The minimum absolute atomic E-state index is 0.0662. The fraction of sp³-hybridized carbons (Fsp3) is 0.462. The lowest BCUT2D eigenvalue weighted by Gasteiger charge is -2.12. The SMILES string of the molecule is COc1cc(SCC2(CC(=O)O)CC2)ccc1[N+](=O)[O-]. The van der Waals surface area contributed by atoms with Crippen LogP contribution >= 0.6 is 11.8 Å².